The van der Waals surface area contributed by atoms with Crippen molar-refractivity contribution in [1.82, 2.24) is 14.9 Å². The molecule has 1 aromatic heterocycles. The van der Waals surface area contributed by atoms with Crippen LogP contribution in [0.4, 0.5) is 0 Å². The lowest BCUT2D eigenvalue weighted by atomic mass is 10.2. The lowest BCUT2D eigenvalue weighted by Crippen LogP contribution is -2.48. The zero-order valence-corrected chi connectivity index (χ0v) is 18.7. The van der Waals surface area contributed by atoms with E-state index in [1.165, 1.54) is 26.2 Å². The van der Waals surface area contributed by atoms with Gasteiger partial charge >= 0.3 is 0 Å². The average molecular weight is 454 g/mol. The summed E-state index contributed by atoms with van der Waals surface area (Å²) in [4.78, 5) is 16.1. The number of nitrogens with zero attached hydrogens (tertiary/aromatic N) is 1. The van der Waals surface area contributed by atoms with Gasteiger partial charge < -0.3 is 14.8 Å². The molecule has 0 radical (unpaired) electrons. The van der Waals surface area contributed by atoms with Crippen LogP contribution in [0.1, 0.15) is 17.8 Å². The van der Waals surface area contributed by atoms with E-state index < -0.39 is 16.1 Å². The summed E-state index contributed by atoms with van der Waals surface area (Å²) in [5.74, 6) is 0.185. The standard InChI is InChI=1S/C20H27N3O5S2/c1-15(22-30(25,26)17-7-5-16(27-2)6-8-17)20(24)21-14-18(19-4-3-13-29-19)23-9-11-28-12-10-23/h3-8,13,15,18,22H,9-12,14H2,1-2H3,(H,21,24)/t15-,18?/m0/s1. The van der Waals surface area contributed by atoms with Crippen molar-refractivity contribution in [3.05, 3.63) is 46.7 Å². The fourth-order valence-corrected chi connectivity index (χ4v) is 5.30. The summed E-state index contributed by atoms with van der Waals surface area (Å²) in [7, 11) is -2.31. The topological polar surface area (TPSA) is 97.0 Å². The van der Waals surface area contributed by atoms with E-state index in [0.29, 0.717) is 25.5 Å². The largest absolute Gasteiger partial charge is 0.497 e. The molecule has 1 aromatic carbocycles. The molecule has 10 heteroatoms. The number of ether oxygens (including phenoxy) is 2. The average Bonchev–Trinajstić information content (AvgIpc) is 3.29. The SMILES string of the molecule is COc1ccc(S(=O)(=O)N[C@@H](C)C(=O)NCC(c2cccs2)N2CCOCC2)cc1. The first-order valence-corrected chi connectivity index (χ1v) is 12.1. The van der Waals surface area contributed by atoms with Crippen molar-refractivity contribution in [3.63, 3.8) is 0 Å². The van der Waals surface area contributed by atoms with Crippen molar-refractivity contribution < 1.29 is 22.7 Å². The Morgan fingerprint density at radius 3 is 2.53 bits per heavy atom. The van der Waals surface area contributed by atoms with E-state index in [4.69, 9.17) is 9.47 Å². The molecule has 3 rings (SSSR count). The van der Waals surface area contributed by atoms with Crippen molar-refractivity contribution in [2.75, 3.05) is 40.0 Å². The molecule has 0 spiro atoms. The van der Waals surface area contributed by atoms with E-state index in [9.17, 15) is 13.2 Å². The van der Waals surface area contributed by atoms with Gasteiger partial charge in [-0.15, -0.1) is 11.3 Å². The van der Waals surface area contributed by atoms with Crippen LogP contribution in [0, 0.1) is 0 Å². The summed E-state index contributed by atoms with van der Waals surface area (Å²) in [6.45, 7) is 4.83. The third-order valence-electron chi connectivity index (χ3n) is 4.92. The van der Waals surface area contributed by atoms with Crippen LogP contribution < -0.4 is 14.8 Å². The van der Waals surface area contributed by atoms with Crippen molar-refractivity contribution in [3.8, 4) is 5.75 Å². The second-order valence-electron chi connectivity index (χ2n) is 6.94. The van der Waals surface area contributed by atoms with Crippen molar-refractivity contribution in [2.24, 2.45) is 0 Å². The maximum absolute atomic E-state index is 12.6. The number of benzene rings is 1. The molecule has 1 fully saturated rings. The maximum Gasteiger partial charge on any atom is 0.241 e. The summed E-state index contributed by atoms with van der Waals surface area (Å²) >= 11 is 1.64. The van der Waals surface area contributed by atoms with E-state index in [2.05, 4.69) is 14.9 Å². The first kappa shape index (κ1) is 22.7. The fraction of sp³-hybridized carbons (Fsp3) is 0.450. The molecule has 164 valence electrons. The molecule has 2 heterocycles. The molecule has 1 aliphatic rings. The van der Waals surface area contributed by atoms with E-state index in [-0.39, 0.29) is 16.8 Å². The first-order chi connectivity index (χ1) is 14.4. The van der Waals surface area contributed by atoms with E-state index in [1.807, 2.05) is 17.5 Å². The third-order valence-corrected chi connectivity index (χ3v) is 7.45. The second kappa shape index (κ2) is 10.4. The Kier molecular flexibility index (Phi) is 7.84. The highest BCUT2D eigenvalue weighted by atomic mass is 32.2. The van der Waals surface area contributed by atoms with Crippen LogP contribution in [0.2, 0.25) is 0 Å². The Morgan fingerprint density at radius 1 is 1.23 bits per heavy atom. The van der Waals surface area contributed by atoms with Gasteiger partial charge in [0.05, 0.1) is 37.3 Å². The number of thiophene rings is 1. The van der Waals surface area contributed by atoms with Gasteiger partial charge in [0.25, 0.3) is 0 Å². The zero-order valence-electron chi connectivity index (χ0n) is 17.0. The predicted molar refractivity (Wildman–Crippen MR) is 115 cm³/mol. The number of hydrogen-bond acceptors (Lipinski definition) is 7. The predicted octanol–water partition coefficient (Wildman–Crippen LogP) is 1.61. The normalized spacial score (nSPS) is 17.3. The van der Waals surface area contributed by atoms with Crippen LogP contribution in [0.25, 0.3) is 0 Å². The van der Waals surface area contributed by atoms with Gasteiger partial charge in [0, 0.05) is 24.5 Å². The van der Waals surface area contributed by atoms with Gasteiger partial charge in [0.2, 0.25) is 15.9 Å². The molecule has 2 atom stereocenters. The van der Waals surface area contributed by atoms with Crippen LogP contribution in [-0.2, 0) is 19.6 Å². The number of sulfonamides is 1. The van der Waals surface area contributed by atoms with E-state index in [0.717, 1.165) is 18.0 Å². The highest BCUT2D eigenvalue weighted by Gasteiger charge is 2.26. The van der Waals surface area contributed by atoms with Gasteiger partial charge in [0.15, 0.2) is 0 Å². The molecule has 30 heavy (non-hydrogen) atoms. The molecule has 0 bridgehead atoms. The number of rotatable bonds is 9. The summed E-state index contributed by atoms with van der Waals surface area (Å²) in [6, 6.07) is 9.16. The lowest BCUT2D eigenvalue weighted by Gasteiger charge is -2.34. The Balaban J connectivity index is 1.60. The summed E-state index contributed by atoms with van der Waals surface area (Å²) in [6.07, 6.45) is 0. The molecule has 1 aliphatic heterocycles. The molecule has 2 aromatic rings. The molecule has 1 saturated heterocycles. The molecule has 8 nitrogen and oxygen atoms in total. The number of morpholine rings is 1. The molecule has 0 aliphatic carbocycles. The maximum atomic E-state index is 12.6. The number of methoxy groups -OCH3 is 1. The van der Waals surface area contributed by atoms with Crippen molar-refractivity contribution >= 4 is 27.3 Å². The number of nitrogens with one attached hydrogen (secondary N) is 2. The number of carbonyl (C=O) groups is 1. The van der Waals surface area contributed by atoms with Crippen molar-refractivity contribution in [2.45, 2.75) is 23.9 Å². The summed E-state index contributed by atoms with van der Waals surface area (Å²) in [5, 5.41) is 4.91. The first-order valence-electron chi connectivity index (χ1n) is 9.70. The quantitative estimate of drug-likeness (QED) is 0.599. The Bertz CT molecular complexity index is 910. The third kappa shape index (κ3) is 5.79. The fourth-order valence-electron chi connectivity index (χ4n) is 3.24. The van der Waals surface area contributed by atoms with Crippen LogP contribution in [0.15, 0.2) is 46.7 Å². The second-order valence-corrected chi connectivity index (χ2v) is 9.64. The van der Waals surface area contributed by atoms with Gasteiger partial charge in [-0.2, -0.15) is 4.72 Å². The Labute approximate surface area is 181 Å². The zero-order chi connectivity index (χ0) is 21.6. The van der Waals surface area contributed by atoms with Gasteiger partial charge in [-0.25, -0.2) is 8.42 Å². The molecule has 2 N–H and O–H groups in total. The van der Waals surface area contributed by atoms with Crippen LogP contribution in [0.3, 0.4) is 0 Å². The number of carbonyl (C=O) groups excluding carboxylic acids is 1. The van der Waals surface area contributed by atoms with Crippen molar-refractivity contribution in [1.29, 1.82) is 0 Å². The Morgan fingerprint density at radius 2 is 1.93 bits per heavy atom. The van der Waals surface area contributed by atoms with Gasteiger partial charge in [0.1, 0.15) is 5.75 Å². The van der Waals surface area contributed by atoms with Gasteiger partial charge in [-0.1, -0.05) is 6.07 Å². The number of amides is 1. The van der Waals surface area contributed by atoms with E-state index in [1.54, 1.807) is 23.5 Å². The van der Waals surface area contributed by atoms with Gasteiger partial charge in [-0.05, 0) is 42.6 Å². The minimum Gasteiger partial charge on any atom is -0.497 e. The molecular weight excluding hydrogens is 426 g/mol. The van der Waals surface area contributed by atoms with Crippen LogP contribution in [0.5, 0.6) is 5.75 Å². The molecular formula is C20H27N3O5S2. The smallest absolute Gasteiger partial charge is 0.241 e. The molecule has 1 unspecified atom stereocenters. The minimum absolute atomic E-state index is 0.0308. The Hall–Kier alpha value is -1.98. The van der Waals surface area contributed by atoms with E-state index >= 15 is 0 Å². The number of hydrogen-bond donors (Lipinski definition) is 2. The van der Waals surface area contributed by atoms with Crippen LogP contribution in [-0.4, -0.2) is 65.2 Å². The summed E-state index contributed by atoms with van der Waals surface area (Å²) < 4.78 is 38.0. The highest BCUT2D eigenvalue weighted by molar-refractivity contribution is 7.89. The minimum atomic E-state index is -3.82. The summed E-state index contributed by atoms with van der Waals surface area (Å²) in [5.41, 5.74) is 0. The highest BCUT2D eigenvalue weighted by Crippen LogP contribution is 2.25. The molecule has 0 saturated carbocycles. The lowest BCUT2D eigenvalue weighted by molar-refractivity contribution is -0.122. The molecule has 1 amide bonds. The van der Waals surface area contributed by atoms with Gasteiger partial charge in [-0.3, -0.25) is 9.69 Å². The monoisotopic (exact) mass is 453 g/mol. The van der Waals surface area contributed by atoms with Crippen LogP contribution >= 0.6 is 11.3 Å².